The van der Waals surface area contributed by atoms with E-state index in [9.17, 15) is 9.18 Å². The molecular formula is C23H28FN3O4. The van der Waals surface area contributed by atoms with Gasteiger partial charge in [-0.1, -0.05) is 5.16 Å². The zero-order chi connectivity index (χ0) is 21.2. The van der Waals surface area contributed by atoms with Gasteiger partial charge in [0.05, 0.1) is 31.4 Å². The Labute approximate surface area is 181 Å². The van der Waals surface area contributed by atoms with E-state index >= 15 is 0 Å². The fourth-order valence-electron chi connectivity index (χ4n) is 4.34. The van der Waals surface area contributed by atoms with E-state index in [1.165, 1.54) is 12.1 Å². The molecule has 2 aromatic rings. The average Bonchev–Trinajstić information content (AvgIpc) is 3.37. The summed E-state index contributed by atoms with van der Waals surface area (Å²) in [6.45, 7) is 4.37. The summed E-state index contributed by atoms with van der Waals surface area (Å²) in [6, 6.07) is 6.24. The number of rotatable bonds is 7. The highest BCUT2D eigenvalue weighted by molar-refractivity contribution is 5.81. The Balaban J connectivity index is 1.48. The number of amides is 1. The zero-order valence-electron chi connectivity index (χ0n) is 17.6. The molecule has 3 heterocycles. The molecular weight excluding hydrogens is 401 g/mol. The number of hydrogen-bond donors (Lipinski definition) is 0. The lowest BCUT2D eigenvalue weighted by Crippen LogP contribution is -2.39. The summed E-state index contributed by atoms with van der Waals surface area (Å²) < 4.78 is 30.6. The molecule has 1 atom stereocenters. The van der Waals surface area contributed by atoms with Gasteiger partial charge in [-0.2, -0.15) is 0 Å². The predicted octanol–water partition coefficient (Wildman–Crippen LogP) is 3.23. The highest BCUT2D eigenvalue weighted by Gasteiger charge is 2.36. The van der Waals surface area contributed by atoms with Crippen LogP contribution in [0.15, 0.2) is 28.8 Å². The van der Waals surface area contributed by atoms with Crippen LogP contribution >= 0.6 is 0 Å². The minimum absolute atomic E-state index is 0.0728. The average molecular weight is 429 g/mol. The summed E-state index contributed by atoms with van der Waals surface area (Å²) >= 11 is 0. The van der Waals surface area contributed by atoms with Crippen molar-refractivity contribution in [2.45, 2.75) is 38.3 Å². The number of benzene rings is 1. The Kier molecular flexibility index (Phi) is 5.91. The molecule has 0 bridgehead atoms. The molecule has 5 rings (SSSR count). The molecule has 0 spiro atoms. The first-order valence-electron chi connectivity index (χ1n) is 11.2. The van der Waals surface area contributed by atoms with Crippen molar-refractivity contribution in [2.75, 3.05) is 44.4 Å². The third-order valence-corrected chi connectivity index (χ3v) is 6.22. The molecule has 3 aliphatic rings. The number of ether oxygens (including phenoxy) is 2. The van der Waals surface area contributed by atoms with E-state index in [1.807, 2.05) is 4.90 Å². The molecule has 1 saturated carbocycles. The molecule has 1 aliphatic carbocycles. The standard InChI is InChI=1S/C23H28FN3O4/c24-18-7-5-16(6-8-18)21-20(23(31-25-21)26-9-12-29-13-10-26)15-27(22(28)17-3-4-17)14-19-2-1-11-30-19/h5-8,17,19H,1-4,9-15H2. The fourth-order valence-corrected chi connectivity index (χ4v) is 4.34. The van der Waals surface area contributed by atoms with Crippen molar-refractivity contribution >= 4 is 11.8 Å². The number of carbonyl (C=O) groups is 1. The first-order chi connectivity index (χ1) is 15.2. The van der Waals surface area contributed by atoms with Gasteiger partial charge in [0.2, 0.25) is 11.8 Å². The Hall–Kier alpha value is -2.45. The van der Waals surface area contributed by atoms with Crippen LogP contribution in [0, 0.1) is 11.7 Å². The van der Waals surface area contributed by atoms with E-state index in [0.29, 0.717) is 51.0 Å². The SMILES string of the molecule is O=C(C1CC1)N(Cc1c(-c2ccc(F)cc2)noc1N1CCOCC1)CC1CCCO1. The Morgan fingerprint density at radius 1 is 1.13 bits per heavy atom. The lowest BCUT2D eigenvalue weighted by Gasteiger charge is -2.29. The molecule has 1 unspecified atom stereocenters. The van der Waals surface area contributed by atoms with E-state index < -0.39 is 0 Å². The van der Waals surface area contributed by atoms with Crippen molar-refractivity contribution in [3.63, 3.8) is 0 Å². The maximum Gasteiger partial charge on any atom is 0.233 e. The van der Waals surface area contributed by atoms with Gasteiger partial charge in [-0.15, -0.1) is 0 Å². The van der Waals surface area contributed by atoms with E-state index in [2.05, 4.69) is 10.1 Å². The van der Waals surface area contributed by atoms with Gasteiger partial charge in [0, 0.05) is 37.7 Å². The molecule has 1 amide bonds. The highest BCUT2D eigenvalue weighted by Crippen LogP contribution is 2.36. The van der Waals surface area contributed by atoms with Gasteiger partial charge in [-0.25, -0.2) is 4.39 Å². The number of morpholine rings is 1. The van der Waals surface area contributed by atoms with E-state index in [0.717, 1.165) is 43.4 Å². The largest absolute Gasteiger partial charge is 0.378 e. The third kappa shape index (κ3) is 4.60. The summed E-state index contributed by atoms with van der Waals surface area (Å²) in [4.78, 5) is 17.2. The lowest BCUT2D eigenvalue weighted by atomic mass is 10.1. The van der Waals surface area contributed by atoms with Crippen LogP contribution in [0.2, 0.25) is 0 Å². The Morgan fingerprint density at radius 3 is 2.58 bits per heavy atom. The normalized spacial score (nSPS) is 21.5. The van der Waals surface area contributed by atoms with Gasteiger partial charge in [0.15, 0.2) is 0 Å². The molecule has 0 N–H and O–H groups in total. The smallest absolute Gasteiger partial charge is 0.233 e. The second-order valence-electron chi connectivity index (χ2n) is 8.55. The third-order valence-electron chi connectivity index (χ3n) is 6.22. The highest BCUT2D eigenvalue weighted by atomic mass is 19.1. The number of carbonyl (C=O) groups excluding carboxylic acids is 1. The molecule has 3 fully saturated rings. The van der Waals surface area contributed by atoms with Crippen LogP contribution in [0.4, 0.5) is 10.3 Å². The summed E-state index contributed by atoms with van der Waals surface area (Å²) in [5.74, 6) is 0.659. The van der Waals surface area contributed by atoms with Crippen molar-refractivity contribution in [2.24, 2.45) is 5.92 Å². The monoisotopic (exact) mass is 429 g/mol. The van der Waals surface area contributed by atoms with Gasteiger partial charge < -0.3 is 23.8 Å². The molecule has 2 saturated heterocycles. The summed E-state index contributed by atoms with van der Waals surface area (Å²) in [7, 11) is 0. The number of nitrogens with zero attached hydrogens (tertiary/aromatic N) is 3. The van der Waals surface area contributed by atoms with Crippen LogP contribution in [0.5, 0.6) is 0 Å². The molecule has 1 aromatic carbocycles. The van der Waals surface area contributed by atoms with Crippen LogP contribution in [-0.4, -0.2) is 61.5 Å². The van der Waals surface area contributed by atoms with E-state index in [-0.39, 0.29) is 23.7 Å². The maximum absolute atomic E-state index is 13.5. The maximum atomic E-state index is 13.5. The van der Waals surface area contributed by atoms with Crippen molar-refractivity contribution in [1.82, 2.24) is 10.1 Å². The van der Waals surface area contributed by atoms with E-state index in [4.69, 9.17) is 14.0 Å². The first kappa shape index (κ1) is 20.5. The van der Waals surface area contributed by atoms with Gasteiger partial charge in [-0.3, -0.25) is 4.79 Å². The topological polar surface area (TPSA) is 68.0 Å². The number of aromatic nitrogens is 1. The molecule has 2 aliphatic heterocycles. The van der Waals surface area contributed by atoms with Gasteiger partial charge >= 0.3 is 0 Å². The minimum atomic E-state index is -0.300. The second kappa shape index (κ2) is 8.96. The summed E-state index contributed by atoms with van der Waals surface area (Å²) in [6.07, 6.45) is 3.98. The van der Waals surface area contributed by atoms with Crippen molar-refractivity contribution in [3.8, 4) is 11.3 Å². The number of halogens is 1. The number of anilines is 1. The van der Waals surface area contributed by atoms with Crippen molar-refractivity contribution in [1.29, 1.82) is 0 Å². The Morgan fingerprint density at radius 2 is 1.90 bits per heavy atom. The Bertz CT molecular complexity index is 900. The van der Waals surface area contributed by atoms with Crippen LogP contribution in [0.3, 0.4) is 0 Å². The molecule has 1 aromatic heterocycles. The molecule has 0 radical (unpaired) electrons. The number of hydrogen-bond acceptors (Lipinski definition) is 6. The molecule has 7 nitrogen and oxygen atoms in total. The first-order valence-corrected chi connectivity index (χ1v) is 11.2. The van der Waals surface area contributed by atoms with Crippen molar-refractivity contribution < 1.29 is 23.2 Å². The van der Waals surface area contributed by atoms with Crippen LogP contribution in [-0.2, 0) is 20.8 Å². The van der Waals surface area contributed by atoms with E-state index in [1.54, 1.807) is 12.1 Å². The zero-order valence-corrected chi connectivity index (χ0v) is 17.6. The van der Waals surface area contributed by atoms with Gasteiger partial charge in [-0.05, 0) is 49.9 Å². The van der Waals surface area contributed by atoms with Gasteiger partial charge in [0.1, 0.15) is 11.5 Å². The summed E-state index contributed by atoms with van der Waals surface area (Å²) in [5, 5.41) is 4.35. The van der Waals surface area contributed by atoms with Gasteiger partial charge in [0.25, 0.3) is 0 Å². The van der Waals surface area contributed by atoms with Crippen LogP contribution < -0.4 is 4.90 Å². The van der Waals surface area contributed by atoms with Crippen LogP contribution in [0.25, 0.3) is 11.3 Å². The summed E-state index contributed by atoms with van der Waals surface area (Å²) in [5.41, 5.74) is 2.29. The molecule has 166 valence electrons. The second-order valence-corrected chi connectivity index (χ2v) is 8.55. The quantitative estimate of drug-likeness (QED) is 0.673. The minimum Gasteiger partial charge on any atom is -0.378 e. The van der Waals surface area contributed by atoms with Crippen molar-refractivity contribution in [3.05, 3.63) is 35.6 Å². The predicted molar refractivity (Wildman–Crippen MR) is 112 cm³/mol. The van der Waals surface area contributed by atoms with Crippen LogP contribution in [0.1, 0.15) is 31.2 Å². The molecule has 31 heavy (non-hydrogen) atoms. The lowest BCUT2D eigenvalue weighted by molar-refractivity contribution is -0.134. The molecule has 8 heteroatoms. The fraction of sp³-hybridized carbons (Fsp3) is 0.565.